The van der Waals surface area contributed by atoms with E-state index in [1.165, 1.54) is 0 Å². The molecular formula is C23H27Cl2N5O. The third kappa shape index (κ3) is 5.31. The number of hydrogen-bond acceptors (Lipinski definition) is 5. The molecule has 0 amide bonds. The minimum Gasteiger partial charge on any atom is -0.375 e. The zero-order valence-corrected chi connectivity index (χ0v) is 19.1. The summed E-state index contributed by atoms with van der Waals surface area (Å²) in [5.74, 6) is 1.48. The molecule has 1 fully saturated rings. The van der Waals surface area contributed by atoms with E-state index in [2.05, 4.69) is 32.1 Å². The van der Waals surface area contributed by atoms with Gasteiger partial charge in [-0.25, -0.2) is 9.97 Å². The second kappa shape index (κ2) is 9.88. The number of aromatic nitrogens is 3. The van der Waals surface area contributed by atoms with Crippen LogP contribution < -0.4 is 10.2 Å². The summed E-state index contributed by atoms with van der Waals surface area (Å²) in [5, 5.41) is 5.50. The number of anilines is 2. The van der Waals surface area contributed by atoms with Crippen molar-refractivity contribution in [3.8, 4) is 0 Å². The summed E-state index contributed by atoms with van der Waals surface area (Å²) >= 11 is 12.3. The highest BCUT2D eigenvalue weighted by Gasteiger charge is 2.27. The fourth-order valence-electron chi connectivity index (χ4n) is 4.40. The van der Waals surface area contributed by atoms with Crippen LogP contribution in [0.1, 0.15) is 39.0 Å². The molecule has 0 saturated carbocycles. The monoisotopic (exact) mass is 459 g/mol. The second-order valence-corrected chi connectivity index (χ2v) is 9.08. The molecular weight excluding hydrogens is 433 g/mol. The Bertz CT molecular complexity index is 1030. The number of fused-ring (bicyclic) bond motifs is 1. The Morgan fingerprint density at radius 1 is 1.29 bits per heavy atom. The number of carbonyl (C=O) groups is 1. The van der Waals surface area contributed by atoms with E-state index in [4.69, 9.17) is 23.2 Å². The van der Waals surface area contributed by atoms with Crippen LogP contribution in [0.5, 0.6) is 0 Å². The number of Topliss-reactive ketones (excluding diaryl/α,β-unsaturated/α-hetero) is 1. The fraction of sp³-hybridized carbons (Fsp3) is 0.435. The number of rotatable bonds is 8. The molecule has 0 radical (unpaired) electrons. The van der Waals surface area contributed by atoms with Gasteiger partial charge in [-0.3, -0.25) is 4.79 Å². The average molecular weight is 460 g/mol. The molecule has 6 nitrogen and oxygen atoms in total. The smallest absolute Gasteiger partial charge is 0.155 e. The molecule has 2 N–H and O–H groups in total. The van der Waals surface area contributed by atoms with Gasteiger partial charge >= 0.3 is 0 Å². The first kappa shape index (κ1) is 21.9. The van der Waals surface area contributed by atoms with E-state index < -0.39 is 0 Å². The van der Waals surface area contributed by atoms with E-state index in [9.17, 15) is 4.79 Å². The number of nitrogens with zero attached hydrogens (tertiary/aromatic N) is 3. The SMILES string of the molecule is CCC[C@@H](Nc1cc(Cl)cc(Cl)c1)C(=O)C[C@@H]1CCCN(c2ncnc3[nH]ccc23)C1. The number of piperidine rings is 1. The van der Waals surface area contributed by atoms with Crippen molar-refractivity contribution in [3.63, 3.8) is 0 Å². The minimum atomic E-state index is -0.245. The lowest BCUT2D eigenvalue weighted by atomic mass is 9.89. The van der Waals surface area contributed by atoms with Crippen molar-refractivity contribution in [3.05, 3.63) is 46.8 Å². The average Bonchev–Trinajstić information content (AvgIpc) is 3.22. The van der Waals surface area contributed by atoms with Gasteiger partial charge in [-0.05, 0) is 49.4 Å². The maximum Gasteiger partial charge on any atom is 0.155 e. The van der Waals surface area contributed by atoms with Crippen molar-refractivity contribution in [1.29, 1.82) is 0 Å². The summed E-state index contributed by atoms with van der Waals surface area (Å²) in [6, 6.07) is 7.07. The number of benzene rings is 1. The lowest BCUT2D eigenvalue weighted by molar-refractivity contribution is -0.120. The van der Waals surface area contributed by atoms with Crippen LogP contribution in [0.25, 0.3) is 11.0 Å². The van der Waals surface area contributed by atoms with Gasteiger partial charge in [0.25, 0.3) is 0 Å². The number of halogens is 2. The molecule has 31 heavy (non-hydrogen) atoms. The molecule has 0 bridgehead atoms. The normalized spacial score (nSPS) is 17.6. The van der Waals surface area contributed by atoms with E-state index in [0.29, 0.717) is 22.4 Å². The van der Waals surface area contributed by atoms with Crippen molar-refractivity contribution < 1.29 is 4.79 Å². The second-order valence-electron chi connectivity index (χ2n) is 8.21. The molecule has 3 aromatic rings. The highest BCUT2D eigenvalue weighted by Crippen LogP contribution is 2.29. The van der Waals surface area contributed by atoms with Crippen LogP contribution in [0.4, 0.5) is 11.5 Å². The van der Waals surface area contributed by atoms with Crippen LogP contribution in [0.2, 0.25) is 10.0 Å². The Balaban J connectivity index is 1.44. The quantitative estimate of drug-likeness (QED) is 0.450. The molecule has 1 aromatic carbocycles. The number of aromatic amines is 1. The van der Waals surface area contributed by atoms with Gasteiger partial charge in [0.15, 0.2) is 5.78 Å². The van der Waals surface area contributed by atoms with Crippen molar-refractivity contribution in [2.45, 2.75) is 45.1 Å². The van der Waals surface area contributed by atoms with Gasteiger partial charge in [0.1, 0.15) is 17.8 Å². The van der Waals surface area contributed by atoms with Crippen molar-refractivity contribution >= 4 is 51.5 Å². The molecule has 3 heterocycles. The van der Waals surface area contributed by atoms with E-state index in [0.717, 1.165) is 61.3 Å². The number of ketones is 1. The molecule has 1 saturated heterocycles. The summed E-state index contributed by atoms with van der Waals surface area (Å²) in [6.07, 6.45) is 7.81. The Hall–Kier alpha value is -2.31. The lowest BCUT2D eigenvalue weighted by Gasteiger charge is -2.34. The van der Waals surface area contributed by atoms with Crippen LogP contribution in [-0.4, -0.2) is 39.9 Å². The van der Waals surface area contributed by atoms with Crippen LogP contribution in [0, 0.1) is 5.92 Å². The maximum atomic E-state index is 13.2. The van der Waals surface area contributed by atoms with Gasteiger partial charge in [0.2, 0.25) is 0 Å². The first-order valence-electron chi connectivity index (χ1n) is 10.8. The number of hydrogen-bond donors (Lipinski definition) is 2. The number of carbonyl (C=O) groups excluding carboxylic acids is 1. The van der Waals surface area contributed by atoms with Gasteiger partial charge in [-0.2, -0.15) is 0 Å². The molecule has 1 aliphatic heterocycles. The standard InChI is InChI=1S/C23H27Cl2N5O/c1-2-4-20(29-18-11-16(24)10-17(25)12-18)21(31)9-15-5-3-8-30(13-15)23-19-6-7-26-22(19)27-14-28-23/h6-7,10-12,14-15,20,29H,2-5,8-9,13H2,1H3,(H,26,27,28)/t15-,20+/m0/s1. The Kier molecular flexibility index (Phi) is 6.98. The van der Waals surface area contributed by atoms with Gasteiger partial charge in [-0.15, -0.1) is 0 Å². The summed E-state index contributed by atoms with van der Waals surface area (Å²) in [5.41, 5.74) is 1.63. The number of nitrogens with one attached hydrogen (secondary N) is 2. The molecule has 1 aliphatic rings. The predicted octanol–water partition coefficient (Wildman–Crippen LogP) is 5.72. The zero-order chi connectivity index (χ0) is 21.8. The number of H-pyrrole nitrogens is 1. The zero-order valence-electron chi connectivity index (χ0n) is 17.6. The Morgan fingerprint density at radius 3 is 2.87 bits per heavy atom. The lowest BCUT2D eigenvalue weighted by Crippen LogP contribution is -2.39. The third-order valence-electron chi connectivity index (χ3n) is 5.81. The topological polar surface area (TPSA) is 73.9 Å². The molecule has 164 valence electrons. The van der Waals surface area contributed by atoms with Gasteiger partial charge in [0, 0.05) is 41.4 Å². The van der Waals surface area contributed by atoms with Crippen LogP contribution in [0.3, 0.4) is 0 Å². The fourth-order valence-corrected chi connectivity index (χ4v) is 4.93. The van der Waals surface area contributed by atoms with E-state index in [1.807, 2.05) is 24.4 Å². The van der Waals surface area contributed by atoms with Crippen molar-refractivity contribution in [2.24, 2.45) is 5.92 Å². The van der Waals surface area contributed by atoms with Crippen molar-refractivity contribution in [1.82, 2.24) is 15.0 Å². The van der Waals surface area contributed by atoms with Crippen LogP contribution in [-0.2, 0) is 4.79 Å². The summed E-state index contributed by atoms with van der Waals surface area (Å²) in [4.78, 5) is 27.5. The van der Waals surface area contributed by atoms with E-state index in [1.54, 1.807) is 12.4 Å². The summed E-state index contributed by atoms with van der Waals surface area (Å²) < 4.78 is 0. The van der Waals surface area contributed by atoms with Crippen molar-refractivity contribution in [2.75, 3.05) is 23.3 Å². The Labute approximate surface area is 192 Å². The summed E-state index contributed by atoms with van der Waals surface area (Å²) in [7, 11) is 0. The molecule has 4 rings (SSSR count). The van der Waals surface area contributed by atoms with Crippen LogP contribution in [0.15, 0.2) is 36.8 Å². The maximum absolute atomic E-state index is 13.2. The first-order valence-corrected chi connectivity index (χ1v) is 11.6. The van der Waals surface area contributed by atoms with E-state index >= 15 is 0 Å². The van der Waals surface area contributed by atoms with Crippen LogP contribution >= 0.6 is 23.2 Å². The molecule has 8 heteroatoms. The molecule has 2 aromatic heterocycles. The van der Waals surface area contributed by atoms with Gasteiger partial charge < -0.3 is 15.2 Å². The van der Waals surface area contributed by atoms with Gasteiger partial charge in [-0.1, -0.05) is 36.5 Å². The predicted molar refractivity (Wildman–Crippen MR) is 127 cm³/mol. The molecule has 2 atom stereocenters. The first-order chi connectivity index (χ1) is 15.0. The highest BCUT2D eigenvalue weighted by molar-refractivity contribution is 6.35. The minimum absolute atomic E-state index is 0.235. The van der Waals surface area contributed by atoms with Gasteiger partial charge in [0.05, 0.1) is 11.4 Å². The highest BCUT2D eigenvalue weighted by atomic mass is 35.5. The summed E-state index contributed by atoms with van der Waals surface area (Å²) in [6.45, 7) is 3.86. The third-order valence-corrected chi connectivity index (χ3v) is 6.25. The molecule has 0 unspecified atom stereocenters. The largest absolute Gasteiger partial charge is 0.375 e. The molecule has 0 aliphatic carbocycles. The Morgan fingerprint density at radius 2 is 2.10 bits per heavy atom. The van der Waals surface area contributed by atoms with E-state index in [-0.39, 0.29) is 11.8 Å². The molecule has 0 spiro atoms.